The van der Waals surface area contributed by atoms with Crippen molar-refractivity contribution in [3.8, 4) is 11.1 Å². The Kier molecular flexibility index (Phi) is 4.81. The smallest absolute Gasteiger partial charge is 0.336 e. The summed E-state index contributed by atoms with van der Waals surface area (Å²) in [6, 6.07) is 12.0. The normalized spacial score (nSPS) is 16.1. The van der Waals surface area contributed by atoms with Gasteiger partial charge in [0.1, 0.15) is 0 Å². The van der Waals surface area contributed by atoms with Crippen LogP contribution in [-0.4, -0.2) is 48.9 Å². The molecule has 25 heavy (non-hydrogen) atoms. The fourth-order valence-electron chi connectivity index (χ4n) is 2.94. The predicted octanol–water partition coefficient (Wildman–Crippen LogP) is 3.76. The average Bonchev–Trinajstić information content (AvgIpc) is 2.61. The largest absolute Gasteiger partial charge is 0.416 e. The van der Waals surface area contributed by atoms with Gasteiger partial charge in [-0.2, -0.15) is 13.2 Å². The minimum absolute atomic E-state index is 0.0800. The van der Waals surface area contributed by atoms with E-state index in [9.17, 15) is 18.0 Å². The van der Waals surface area contributed by atoms with Gasteiger partial charge in [-0.25, -0.2) is 0 Å². The monoisotopic (exact) mass is 348 g/mol. The molecule has 0 N–H and O–H groups in total. The molecule has 3 rings (SSSR count). The maximum absolute atomic E-state index is 12.9. The summed E-state index contributed by atoms with van der Waals surface area (Å²) < 4.78 is 38.2. The van der Waals surface area contributed by atoms with Crippen molar-refractivity contribution in [1.29, 1.82) is 0 Å². The zero-order chi connectivity index (χ0) is 18.0. The predicted molar refractivity (Wildman–Crippen MR) is 90.3 cm³/mol. The van der Waals surface area contributed by atoms with E-state index in [1.165, 1.54) is 12.1 Å². The lowest BCUT2D eigenvalue weighted by Gasteiger charge is -2.32. The third-order valence-corrected chi connectivity index (χ3v) is 4.47. The number of benzene rings is 2. The second-order valence-electron chi connectivity index (χ2n) is 6.22. The molecule has 2 aromatic rings. The van der Waals surface area contributed by atoms with Crippen molar-refractivity contribution in [2.45, 2.75) is 6.18 Å². The average molecular weight is 348 g/mol. The maximum Gasteiger partial charge on any atom is 0.416 e. The summed E-state index contributed by atoms with van der Waals surface area (Å²) in [5, 5.41) is 0. The van der Waals surface area contributed by atoms with Crippen LogP contribution in [0.1, 0.15) is 15.9 Å². The molecular weight excluding hydrogens is 329 g/mol. The van der Waals surface area contributed by atoms with Crippen LogP contribution in [0, 0.1) is 0 Å². The Bertz CT molecular complexity index is 748. The van der Waals surface area contributed by atoms with Crippen molar-refractivity contribution in [1.82, 2.24) is 9.80 Å². The molecule has 1 aliphatic rings. The lowest BCUT2D eigenvalue weighted by molar-refractivity contribution is -0.137. The molecule has 1 heterocycles. The van der Waals surface area contributed by atoms with Crippen LogP contribution in [0.2, 0.25) is 0 Å². The van der Waals surface area contributed by atoms with Crippen LogP contribution in [0.15, 0.2) is 48.5 Å². The Balaban J connectivity index is 1.89. The van der Waals surface area contributed by atoms with Crippen LogP contribution in [0.25, 0.3) is 11.1 Å². The lowest BCUT2D eigenvalue weighted by atomic mass is 9.97. The van der Waals surface area contributed by atoms with Crippen molar-refractivity contribution in [3.63, 3.8) is 0 Å². The summed E-state index contributed by atoms with van der Waals surface area (Å²) in [7, 11) is 2.01. The summed E-state index contributed by atoms with van der Waals surface area (Å²) in [5.74, 6) is -0.0800. The first-order valence-electron chi connectivity index (χ1n) is 8.11. The number of likely N-dealkylation sites (N-methyl/N-ethyl adjacent to an activating group) is 1. The van der Waals surface area contributed by atoms with Gasteiger partial charge in [0.05, 0.1) is 5.56 Å². The highest BCUT2D eigenvalue weighted by Crippen LogP contribution is 2.32. The molecule has 0 unspecified atom stereocenters. The van der Waals surface area contributed by atoms with Gasteiger partial charge in [-0.1, -0.05) is 30.3 Å². The highest BCUT2D eigenvalue weighted by molar-refractivity contribution is 6.01. The van der Waals surface area contributed by atoms with E-state index in [4.69, 9.17) is 0 Å². The Morgan fingerprint density at radius 3 is 2.12 bits per heavy atom. The van der Waals surface area contributed by atoms with Crippen LogP contribution >= 0.6 is 0 Å². The number of hydrogen-bond acceptors (Lipinski definition) is 2. The summed E-state index contributed by atoms with van der Waals surface area (Å²) in [6.07, 6.45) is -4.37. The Labute approximate surface area is 144 Å². The second-order valence-corrected chi connectivity index (χ2v) is 6.22. The van der Waals surface area contributed by atoms with E-state index in [0.29, 0.717) is 29.8 Å². The third kappa shape index (κ3) is 3.85. The number of carbonyl (C=O) groups is 1. The number of alkyl halides is 3. The lowest BCUT2D eigenvalue weighted by Crippen LogP contribution is -2.47. The molecule has 0 saturated carbocycles. The number of carbonyl (C=O) groups excluding carboxylic acids is 1. The van der Waals surface area contributed by atoms with Gasteiger partial charge in [0, 0.05) is 31.7 Å². The Morgan fingerprint density at radius 2 is 1.52 bits per heavy atom. The number of nitrogens with zero attached hydrogens (tertiary/aromatic N) is 2. The Hall–Kier alpha value is -2.34. The Morgan fingerprint density at radius 1 is 0.920 bits per heavy atom. The van der Waals surface area contributed by atoms with Crippen LogP contribution in [0.5, 0.6) is 0 Å². The molecule has 1 amide bonds. The van der Waals surface area contributed by atoms with Crippen molar-refractivity contribution in [2.75, 3.05) is 33.2 Å². The summed E-state index contributed by atoms with van der Waals surface area (Å²) in [5.41, 5.74) is 1.08. The van der Waals surface area contributed by atoms with Crippen LogP contribution in [0.4, 0.5) is 13.2 Å². The van der Waals surface area contributed by atoms with Gasteiger partial charge in [0.15, 0.2) is 0 Å². The number of hydrogen-bond donors (Lipinski definition) is 0. The minimum atomic E-state index is -4.37. The topological polar surface area (TPSA) is 23.6 Å². The zero-order valence-electron chi connectivity index (χ0n) is 13.9. The van der Waals surface area contributed by atoms with Gasteiger partial charge in [0.25, 0.3) is 5.91 Å². The molecule has 6 heteroatoms. The number of rotatable bonds is 2. The number of halogens is 3. The first-order valence-corrected chi connectivity index (χ1v) is 8.11. The van der Waals surface area contributed by atoms with E-state index in [-0.39, 0.29) is 5.91 Å². The summed E-state index contributed by atoms with van der Waals surface area (Å²) in [4.78, 5) is 16.8. The van der Waals surface area contributed by atoms with Crippen molar-refractivity contribution in [3.05, 3.63) is 59.7 Å². The minimum Gasteiger partial charge on any atom is -0.336 e. The third-order valence-electron chi connectivity index (χ3n) is 4.47. The molecule has 0 aromatic heterocycles. The molecule has 1 fully saturated rings. The van der Waals surface area contributed by atoms with E-state index < -0.39 is 11.7 Å². The van der Waals surface area contributed by atoms with Crippen LogP contribution in [0.3, 0.4) is 0 Å². The molecule has 1 aliphatic heterocycles. The molecule has 2 aromatic carbocycles. The van der Waals surface area contributed by atoms with Crippen LogP contribution in [-0.2, 0) is 6.18 Å². The highest BCUT2D eigenvalue weighted by Gasteiger charge is 2.30. The number of piperazine rings is 1. The van der Waals surface area contributed by atoms with E-state index in [0.717, 1.165) is 25.2 Å². The summed E-state index contributed by atoms with van der Waals surface area (Å²) in [6.45, 7) is 2.93. The van der Waals surface area contributed by atoms with E-state index in [1.54, 1.807) is 29.2 Å². The quantitative estimate of drug-likeness (QED) is 0.825. The van der Waals surface area contributed by atoms with Gasteiger partial charge in [-0.15, -0.1) is 0 Å². The fraction of sp³-hybridized carbons (Fsp3) is 0.316. The fourth-order valence-corrected chi connectivity index (χ4v) is 2.94. The van der Waals surface area contributed by atoms with Gasteiger partial charge in [-0.05, 0) is 36.4 Å². The van der Waals surface area contributed by atoms with Crippen molar-refractivity contribution in [2.24, 2.45) is 0 Å². The highest BCUT2D eigenvalue weighted by atomic mass is 19.4. The molecule has 0 aliphatic carbocycles. The summed E-state index contributed by atoms with van der Waals surface area (Å²) >= 11 is 0. The molecule has 132 valence electrons. The van der Waals surface area contributed by atoms with E-state index >= 15 is 0 Å². The first kappa shape index (κ1) is 17.5. The maximum atomic E-state index is 12.9. The molecule has 0 bridgehead atoms. The molecule has 0 spiro atoms. The van der Waals surface area contributed by atoms with E-state index in [1.807, 2.05) is 7.05 Å². The standard InChI is InChI=1S/C19H19F3N2O/c1-23-10-12-24(13-11-23)18(25)17-5-3-2-4-16(17)14-6-8-15(9-7-14)19(20,21)22/h2-9H,10-13H2,1H3. The van der Waals surface area contributed by atoms with Gasteiger partial charge < -0.3 is 9.80 Å². The number of amides is 1. The van der Waals surface area contributed by atoms with Crippen molar-refractivity contribution >= 4 is 5.91 Å². The molecule has 3 nitrogen and oxygen atoms in total. The molecule has 0 radical (unpaired) electrons. The zero-order valence-corrected chi connectivity index (χ0v) is 13.9. The second kappa shape index (κ2) is 6.88. The first-order chi connectivity index (χ1) is 11.9. The molecule has 1 saturated heterocycles. The van der Waals surface area contributed by atoms with Crippen LogP contribution < -0.4 is 0 Å². The van der Waals surface area contributed by atoms with E-state index in [2.05, 4.69) is 4.90 Å². The van der Waals surface area contributed by atoms with Gasteiger partial charge in [-0.3, -0.25) is 4.79 Å². The SMILES string of the molecule is CN1CCN(C(=O)c2ccccc2-c2ccc(C(F)(F)F)cc2)CC1. The molecule has 0 atom stereocenters. The van der Waals surface area contributed by atoms with Gasteiger partial charge in [0.2, 0.25) is 0 Å². The van der Waals surface area contributed by atoms with Crippen molar-refractivity contribution < 1.29 is 18.0 Å². The molecular formula is C19H19F3N2O. The van der Waals surface area contributed by atoms with Gasteiger partial charge >= 0.3 is 6.18 Å².